The number of rotatable bonds is 2. The van der Waals surface area contributed by atoms with Gasteiger partial charge in [0.1, 0.15) is 11.5 Å². The molecule has 5 nitrogen and oxygen atoms in total. The number of hydrogen-bond acceptors (Lipinski definition) is 3. The van der Waals surface area contributed by atoms with Gasteiger partial charge in [0.2, 0.25) is 0 Å². The summed E-state index contributed by atoms with van der Waals surface area (Å²) >= 11 is 0. The second kappa shape index (κ2) is 5.48. The predicted molar refractivity (Wildman–Crippen MR) is 76.7 cm³/mol. The smallest absolute Gasteiger partial charge is 0.318 e. The molecule has 2 heterocycles. The summed E-state index contributed by atoms with van der Waals surface area (Å²) in [7, 11) is 0. The van der Waals surface area contributed by atoms with Gasteiger partial charge in [-0.05, 0) is 40.7 Å². The van der Waals surface area contributed by atoms with Crippen molar-refractivity contribution in [1.29, 1.82) is 0 Å². The summed E-state index contributed by atoms with van der Waals surface area (Å²) in [6.45, 7) is 11.6. The average molecular weight is 280 g/mol. The number of nitrogens with zero attached hydrogens (tertiary/aromatic N) is 1. The number of aryl methyl sites for hydroxylation is 2. The minimum Gasteiger partial charge on any atom is -0.466 e. The molecule has 1 fully saturated rings. The number of ether oxygens (including phenoxy) is 1. The van der Waals surface area contributed by atoms with Crippen LogP contribution >= 0.6 is 0 Å². The van der Waals surface area contributed by atoms with E-state index in [-0.39, 0.29) is 17.7 Å². The Morgan fingerprint density at radius 1 is 1.45 bits per heavy atom. The topological polar surface area (TPSA) is 54.7 Å². The number of amides is 2. The molecule has 0 bridgehead atoms. The fraction of sp³-hybridized carbons (Fsp3) is 0.667. The average Bonchev–Trinajstić information content (AvgIpc) is 2.67. The molecule has 0 saturated carbocycles. The number of carbonyl (C=O) groups is 1. The van der Waals surface area contributed by atoms with E-state index in [0.29, 0.717) is 19.7 Å². The van der Waals surface area contributed by atoms with Crippen LogP contribution in [0, 0.1) is 13.8 Å². The van der Waals surface area contributed by atoms with Crippen molar-refractivity contribution in [2.75, 3.05) is 19.7 Å². The molecule has 2 amide bonds. The SMILES string of the molecule is Cc1cc(C(C)NC(=O)N2CCOC(C)(C)C2)c(C)o1. The van der Waals surface area contributed by atoms with Crippen LogP contribution in [0.1, 0.15) is 43.9 Å². The Hall–Kier alpha value is -1.49. The maximum Gasteiger partial charge on any atom is 0.318 e. The van der Waals surface area contributed by atoms with E-state index in [0.717, 1.165) is 17.1 Å². The molecule has 0 aliphatic carbocycles. The first-order valence-electron chi connectivity index (χ1n) is 7.05. The molecule has 1 N–H and O–H groups in total. The van der Waals surface area contributed by atoms with Crippen LogP contribution in [0.2, 0.25) is 0 Å². The first kappa shape index (κ1) is 14.9. The Kier molecular flexibility index (Phi) is 4.09. The van der Waals surface area contributed by atoms with Crippen LogP contribution in [0.3, 0.4) is 0 Å². The normalized spacial score (nSPS) is 19.8. The van der Waals surface area contributed by atoms with Crippen molar-refractivity contribution < 1.29 is 13.9 Å². The number of furan rings is 1. The summed E-state index contributed by atoms with van der Waals surface area (Å²) < 4.78 is 11.1. The third kappa shape index (κ3) is 3.33. The van der Waals surface area contributed by atoms with Crippen molar-refractivity contribution in [2.24, 2.45) is 0 Å². The van der Waals surface area contributed by atoms with E-state index in [1.807, 2.05) is 45.6 Å². The zero-order chi connectivity index (χ0) is 14.9. The predicted octanol–water partition coefficient (Wildman–Crippen LogP) is 2.78. The van der Waals surface area contributed by atoms with Crippen molar-refractivity contribution in [3.05, 3.63) is 23.2 Å². The van der Waals surface area contributed by atoms with E-state index in [4.69, 9.17) is 9.15 Å². The molecule has 5 heteroatoms. The molecule has 0 radical (unpaired) electrons. The summed E-state index contributed by atoms with van der Waals surface area (Å²) in [6, 6.07) is 1.86. The molecule has 1 saturated heterocycles. The minimum atomic E-state index is -0.277. The number of hydrogen-bond donors (Lipinski definition) is 1. The molecule has 0 aromatic carbocycles. The van der Waals surface area contributed by atoms with Gasteiger partial charge in [0.25, 0.3) is 0 Å². The van der Waals surface area contributed by atoms with Gasteiger partial charge < -0.3 is 19.4 Å². The van der Waals surface area contributed by atoms with Gasteiger partial charge in [0.05, 0.1) is 24.8 Å². The Balaban J connectivity index is 1.99. The highest BCUT2D eigenvalue weighted by Crippen LogP contribution is 2.22. The molecule has 20 heavy (non-hydrogen) atoms. The molecular formula is C15H24N2O3. The van der Waals surface area contributed by atoms with Crippen molar-refractivity contribution in [3.63, 3.8) is 0 Å². The summed E-state index contributed by atoms with van der Waals surface area (Å²) in [5.41, 5.74) is 0.754. The molecule has 1 atom stereocenters. The fourth-order valence-electron chi connectivity index (χ4n) is 2.62. The quantitative estimate of drug-likeness (QED) is 0.906. The molecule has 1 aromatic rings. The standard InChI is InChI=1S/C15H24N2O3/c1-10-8-13(12(3)20-10)11(2)16-14(18)17-6-7-19-15(4,5)9-17/h8,11H,6-7,9H2,1-5H3,(H,16,18). The number of morpholine rings is 1. The summed E-state index contributed by atoms with van der Waals surface area (Å²) in [5, 5.41) is 3.03. The van der Waals surface area contributed by atoms with Gasteiger partial charge in [-0.25, -0.2) is 4.79 Å². The first-order valence-corrected chi connectivity index (χ1v) is 7.05. The van der Waals surface area contributed by atoms with Crippen LogP contribution in [0.4, 0.5) is 4.79 Å². The van der Waals surface area contributed by atoms with E-state index in [2.05, 4.69) is 5.32 Å². The molecule has 1 unspecified atom stereocenters. The van der Waals surface area contributed by atoms with E-state index in [1.54, 1.807) is 0 Å². The maximum atomic E-state index is 12.3. The number of urea groups is 1. The molecule has 0 spiro atoms. The first-order chi connectivity index (χ1) is 9.28. The van der Waals surface area contributed by atoms with Gasteiger partial charge in [0, 0.05) is 12.1 Å². The molecular weight excluding hydrogens is 256 g/mol. The highest BCUT2D eigenvalue weighted by atomic mass is 16.5. The van der Waals surface area contributed by atoms with E-state index < -0.39 is 0 Å². The van der Waals surface area contributed by atoms with Crippen molar-refractivity contribution in [1.82, 2.24) is 10.2 Å². The Labute approximate surface area is 120 Å². The van der Waals surface area contributed by atoms with Gasteiger partial charge in [0.15, 0.2) is 0 Å². The van der Waals surface area contributed by atoms with Crippen molar-refractivity contribution >= 4 is 6.03 Å². The second-order valence-electron chi connectivity index (χ2n) is 6.07. The summed E-state index contributed by atoms with van der Waals surface area (Å²) in [6.07, 6.45) is 0. The minimum absolute atomic E-state index is 0.0490. The van der Waals surface area contributed by atoms with Crippen molar-refractivity contribution in [3.8, 4) is 0 Å². The molecule has 112 valence electrons. The maximum absolute atomic E-state index is 12.3. The van der Waals surface area contributed by atoms with Crippen LogP contribution in [-0.4, -0.2) is 36.2 Å². The Morgan fingerprint density at radius 2 is 2.15 bits per heavy atom. The van der Waals surface area contributed by atoms with Crippen LogP contribution in [0.15, 0.2) is 10.5 Å². The largest absolute Gasteiger partial charge is 0.466 e. The Morgan fingerprint density at radius 3 is 2.70 bits per heavy atom. The van der Waals surface area contributed by atoms with Gasteiger partial charge >= 0.3 is 6.03 Å². The number of carbonyl (C=O) groups excluding carboxylic acids is 1. The lowest BCUT2D eigenvalue weighted by molar-refractivity contribution is -0.0735. The zero-order valence-corrected chi connectivity index (χ0v) is 12.9. The van der Waals surface area contributed by atoms with Crippen molar-refractivity contribution in [2.45, 2.75) is 46.3 Å². The Bertz CT molecular complexity index is 493. The molecule has 1 aliphatic rings. The third-order valence-corrected chi connectivity index (χ3v) is 3.60. The highest BCUT2D eigenvalue weighted by molar-refractivity contribution is 5.75. The highest BCUT2D eigenvalue weighted by Gasteiger charge is 2.30. The van der Waals surface area contributed by atoms with E-state index in [9.17, 15) is 4.79 Å². The summed E-state index contributed by atoms with van der Waals surface area (Å²) in [4.78, 5) is 14.1. The van der Waals surface area contributed by atoms with Gasteiger partial charge in [-0.1, -0.05) is 0 Å². The molecule has 2 rings (SSSR count). The number of nitrogens with one attached hydrogen (secondary N) is 1. The monoisotopic (exact) mass is 280 g/mol. The van der Waals surface area contributed by atoms with E-state index in [1.165, 1.54) is 0 Å². The third-order valence-electron chi connectivity index (χ3n) is 3.60. The lowest BCUT2D eigenvalue weighted by Crippen LogP contribution is -2.53. The lowest BCUT2D eigenvalue weighted by Gasteiger charge is -2.38. The lowest BCUT2D eigenvalue weighted by atomic mass is 10.1. The van der Waals surface area contributed by atoms with Gasteiger partial charge in [-0.15, -0.1) is 0 Å². The van der Waals surface area contributed by atoms with Crippen LogP contribution in [0.25, 0.3) is 0 Å². The van der Waals surface area contributed by atoms with Crippen LogP contribution in [-0.2, 0) is 4.74 Å². The molecule has 1 aliphatic heterocycles. The van der Waals surface area contributed by atoms with Crippen LogP contribution < -0.4 is 5.32 Å². The summed E-state index contributed by atoms with van der Waals surface area (Å²) in [5.74, 6) is 1.73. The van der Waals surface area contributed by atoms with Crippen LogP contribution in [0.5, 0.6) is 0 Å². The van der Waals surface area contributed by atoms with Gasteiger partial charge in [-0.3, -0.25) is 0 Å². The molecule has 1 aromatic heterocycles. The second-order valence-corrected chi connectivity index (χ2v) is 6.07. The van der Waals surface area contributed by atoms with Gasteiger partial charge in [-0.2, -0.15) is 0 Å². The fourth-order valence-corrected chi connectivity index (χ4v) is 2.62. The van der Waals surface area contributed by atoms with E-state index >= 15 is 0 Å². The zero-order valence-electron chi connectivity index (χ0n) is 12.9.